The van der Waals surface area contributed by atoms with Crippen LogP contribution in [0, 0.1) is 0 Å². The number of esters is 1. The summed E-state index contributed by atoms with van der Waals surface area (Å²) in [5.41, 5.74) is 1.49. The molecule has 0 aromatic heterocycles. The van der Waals surface area contributed by atoms with Crippen molar-refractivity contribution in [1.29, 1.82) is 0 Å². The first-order valence-electron chi connectivity index (χ1n) is 10.9. The zero-order valence-corrected chi connectivity index (χ0v) is 20.0. The summed E-state index contributed by atoms with van der Waals surface area (Å²) in [6.45, 7) is 8.51. The maximum absolute atomic E-state index is 13.3. The van der Waals surface area contributed by atoms with E-state index in [1.54, 1.807) is 66.4 Å². The van der Waals surface area contributed by atoms with E-state index in [2.05, 4.69) is 11.9 Å². The summed E-state index contributed by atoms with van der Waals surface area (Å²) in [6, 6.07) is 12.7. The molecule has 1 fully saturated rings. The molecule has 1 aliphatic rings. The maximum atomic E-state index is 13.3. The van der Waals surface area contributed by atoms with E-state index in [9.17, 15) is 14.4 Å². The summed E-state index contributed by atoms with van der Waals surface area (Å²) in [4.78, 5) is 41.0. The van der Waals surface area contributed by atoms with Crippen LogP contribution >= 0.6 is 12.2 Å². The molecule has 0 saturated carbocycles. The van der Waals surface area contributed by atoms with Crippen LogP contribution in [0.1, 0.15) is 30.6 Å². The molecule has 178 valence electrons. The predicted molar refractivity (Wildman–Crippen MR) is 134 cm³/mol. The highest BCUT2D eigenvalue weighted by Gasteiger charge is 2.43. The molecular formula is C25H27N3O5S. The van der Waals surface area contributed by atoms with Gasteiger partial charge < -0.3 is 19.7 Å². The van der Waals surface area contributed by atoms with Crippen LogP contribution in [0.2, 0.25) is 0 Å². The Hall–Kier alpha value is -3.72. The van der Waals surface area contributed by atoms with Crippen LogP contribution < -0.4 is 15.0 Å². The van der Waals surface area contributed by atoms with Crippen molar-refractivity contribution in [2.24, 2.45) is 0 Å². The molecule has 2 amide bonds. The second kappa shape index (κ2) is 11.4. The molecule has 1 atom stereocenters. The number of nitrogens with zero attached hydrogens (tertiary/aromatic N) is 2. The number of carbonyl (C=O) groups is 3. The first-order valence-corrected chi connectivity index (χ1v) is 11.4. The molecule has 0 unspecified atom stereocenters. The minimum Gasteiger partial charge on any atom is -0.494 e. The lowest BCUT2D eigenvalue weighted by molar-refractivity contribution is -0.124. The highest BCUT2D eigenvalue weighted by Crippen LogP contribution is 2.29. The van der Waals surface area contributed by atoms with E-state index < -0.39 is 12.0 Å². The standard InChI is InChI=1S/C25H27N3O5S/c1-4-15-27-21(16-22(29)26-18-9-7-17(8-10-18)24(31)33-6-3)23(30)28(25(27)34)19-11-13-20(14-12-19)32-5-2/h4,7-14,21H,1,5-6,15-16H2,2-3H3,(H,26,29)/t21-/m1/s1. The Morgan fingerprint density at radius 3 is 2.35 bits per heavy atom. The van der Waals surface area contributed by atoms with Crippen LogP contribution in [0.25, 0.3) is 0 Å². The molecular weight excluding hydrogens is 454 g/mol. The Bertz CT molecular complexity index is 1070. The lowest BCUT2D eigenvalue weighted by atomic mass is 10.1. The normalized spacial score (nSPS) is 15.3. The third-order valence-electron chi connectivity index (χ3n) is 5.11. The third-order valence-corrected chi connectivity index (χ3v) is 5.53. The molecule has 1 heterocycles. The van der Waals surface area contributed by atoms with Crippen LogP contribution in [-0.4, -0.2) is 53.6 Å². The van der Waals surface area contributed by atoms with E-state index in [1.807, 2.05) is 6.92 Å². The fraction of sp³-hybridized carbons (Fsp3) is 0.280. The molecule has 0 bridgehead atoms. The molecule has 9 heteroatoms. The maximum Gasteiger partial charge on any atom is 0.338 e. The van der Waals surface area contributed by atoms with Gasteiger partial charge in [0.2, 0.25) is 5.91 Å². The number of benzene rings is 2. The zero-order chi connectivity index (χ0) is 24.7. The molecule has 1 aliphatic heterocycles. The van der Waals surface area contributed by atoms with E-state index in [-0.39, 0.29) is 24.8 Å². The number of anilines is 2. The lowest BCUT2D eigenvalue weighted by Crippen LogP contribution is -2.37. The van der Waals surface area contributed by atoms with Crippen LogP contribution in [0.5, 0.6) is 5.75 Å². The monoisotopic (exact) mass is 481 g/mol. The fourth-order valence-electron chi connectivity index (χ4n) is 3.57. The van der Waals surface area contributed by atoms with Crippen LogP contribution in [0.3, 0.4) is 0 Å². The fourth-order valence-corrected chi connectivity index (χ4v) is 3.96. The van der Waals surface area contributed by atoms with Gasteiger partial charge in [0.25, 0.3) is 5.91 Å². The first-order chi connectivity index (χ1) is 16.4. The number of carbonyl (C=O) groups excluding carboxylic acids is 3. The number of ether oxygens (including phenoxy) is 2. The quantitative estimate of drug-likeness (QED) is 0.314. The van der Waals surface area contributed by atoms with Crippen molar-refractivity contribution in [3.63, 3.8) is 0 Å². The Morgan fingerprint density at radius 2 is 1.76 bits per heavy atom. The summed E-state index contributed by atoms with van der Waals surface area (Å²) < 4.78 is 10.4. The SMILES string of the molecule is C=CCN1C(=S)N(c2ccc(OCC)cc2)C(=O)[C@H]1CC(=O)Nc1ccc(C(=O)OCC)cc1. The Labute approximate surface area is 204 Å². The summed E-state index contributed by atoms with van der Waals surface area (Å²) in [5, 5.41) is 3.08. The number of rotatable bonds is 10. The Morgan fingerprint density at radius 1 is 1.09 bits per heavy atom. The highest BCUT2D eigenvalue weighted by molar-refractivity contribution is 7.80. The molecule has 8 nitrogen and oxygen atoms in total. The van der Waals surface area contributed by atoms with Crippen molar-refractivity contribution < 1.29 is 23.9 Å². The number of amides is 2. The van der Waals surface area contributed by atoms with Gasteiger partial charge in [0.05, 0.1) is 30.9 Å². The van der Waals surface area contributed by atoms with Crippen LogP contribution in [-0.2, 0) is 14.3 Å². The number of nitrogens with one attached hydrogen (secondary N) is 1. The summed E-state index contributed by atoms with van der Waals surface area (Å²) in [7, 11) is 0. The topological polar surface area (TPSA) is 88.2 Å². The Kier molecular flexibility index (Phi) is 8.37. The summed E-state index contributed by atoms with van der Waals surface area (Å²) >= 11 is 5.57. The smallest absolute Gasteiger partial charge is 0.338 e. The molecule has 2 aromatic rings. The van der Waals surface area contributed by atoms with Crippen molar-refractivity contribution in [3.8, 4) is 5.75 Å². The van der Waals surface area contributed by atoms with Crippen molar-refractivity contribution in [3.05, 3.63) is 66.7 Å². The molecule has 1 N–H and O–H groups in total. The van der Waals surface area contributed by atoms with E-state index in [0.717, 1.165) is 0 Å². The van der Waals surface area contributed by atoms with E-state index in [4.69, 9.17) is 21.7 Å². The lowest BCUT2D eigenvalue weighted by Gasteiger charge is -2.22. The number of hydrogen-bond donors (Lipinski definition) is 1. The van der Waals surface area contributed by atoms with Gasteiger partial charge in [-0.1, -0.05) is 6.08 Å². The van der Waals surface area contributed by atoms with E-state index in [1.165, 1.54) is 4.90 Å². The van der Waals surface area contributed by atoms with Gasteiger partial charge in [0.1, 0.15) is 11.8 Å². The Balaban J connectivity index is 1.72. The van der Waals surface area contributed by atoms with E-state index in [0.29, 0.717) is 41.0 Å². The minimum absolute atomic E-state index is 0.0973. The molecule has 3 rings (SSSR count). The van der Waals surface area contributed by atoms with Crippen molar-refractivity contribution >= 4 is 46.5 Å². The molecule has 1 saturated heterocycles. The zero-order valence-electron chi connectivity index (χ0n) is 19.2. The largest absolute Gasteiger partial charge is 0.494 e. The average molecular weight is 482 g/mol. The summed E-state index contributed by atoms with van der Waals surface area (Å²) in [6.07, 6.45) is 1.54. The number of hydrogen-bond acceptors (Lipinski definition) is 6. The van der Waals surface area contributed by atoms with Gasteiger partial charge in [-0.15, -0.1) is 6.58 Å². The van der Waals surface area contributed by atoms with E-state index >= 15 is 0 Å². The van der Waals surface area contributed by atoms with Crippen molar-refractivity contribution in [2.75, 3.05) is 30.0 Å². The second-order valence-corrected chi connectivity index (χ2v) is 7.76. The summed E-state index contributed by atoms with van der Waals surface area (Å²) in [5.74, 6) is -0.381. The number of thiocarbonyl (C=S) groups is 1. The third kappa shape index (κ3) is 5.60. The minimum atomic E-state index is -0.768. The van der Waals surface area contributed by atoms with Crippen molar-refractivity contribution in [1.82, 2.24) is 4.90 Å². The van der Waals surface area contributed by atoms with Gasteiger partial charge in [-0.25, -0.2) is 4.79 Å². The van der Waals surface area contributed by atoms with Gasteiger partial charge in [-0.3, -0.25) is 14.5 Å². The highest BCUT2D eigenvalue weighted by atomic mass is 32.1. The van der Waals surface area contributed by atoms with Crippen molar-refractivity contribution in [2.45, 2.75) is 26.3 Å². The van der Waals surface area contributed by atoms with Gasteiger partial charge in [-0.2, -0.15) is 0 Å². The first kappa shape index (κ1) is 24.9. The van der Waals surface area contributed by atoms with Gasteiger partial charge >= 0.3 is 5.97 Å². The second-order valence-electron chi connectivity index (χ2n) is 7.39. The van der Waals surface area contributed by atoms with Gasteiger partial charge in [0.15, 0.2) is 5.11 Å². The molecule has 0 radical (unpaired) electrons. The molecule has 0 spiro atoms. The average Bonchev–Trinajstić information content (AvgIpc) is 3.05. The predicted octanol–water partition coefficient (Wildman–Crippen LogP) is 3.78. The van der Waals surface area contributed by atoms with Crippen LogP contribution in [0.15, 0.2) is 61.2 Å². The molecule has 0 aliphatic carbocycles. The van der Waals surface area contributed by atoms with Gasteiger partial charge in [0, 0.05) is 12.2 Å². The van der Waals surface area contributed by atoms with Gasteiger partial charge in [-0.05, 0) is 74.6 Å². The van der Waals surface area contributed by atoms with Crippen LogP contribution in [0.4, 0.5) is 11.4 Å². The molecule has 2 aromatic carbocycles. The molecule has 34 heavy (non-hydrogen) atoms.